The molecule has 1 amide bonds. The minimum absolute atomic E-state index is 0.0906. The van der Waals surface area contributed by atoms with Crippen LogP contribution in [0.3, 0.4) is 0 Å². The maximum absolute atomic E-state index is 12.8. The highest BCUT2D eigenvalue weighted by atomic mass is 16.3. The standard InChI is InChI=1S/C24H23N7O2/c25-9-10-27-22(32)18-15-28-20(21-2-1-17-11-16(13-26)14-29-31(17)21)12-19(18)30-23-3-6-24(33,7-4-23)8-5-23/h1-2,11-12,14-15,33H,3-8,10H2,(H,27,32)(H,28,30). The lowest BCUT2D eigenvalue weighted by Gasteiger charge is -2.51. The molecule has 3 aromatic rings. The fourth-order valence-corrected chi connectivity index (χ4v) is 4.99. The zero-order valence-corrected chi connectivity index (χ0v) is 18.0. The molecule has 3 N–H and O–H groups in total. The first-order chi connectivity index (χ1) is 15.9. The summed E-state index contributed by atoms with van der Waals surface area (Å²) in [6.07, 6.45) is 7.72. The van der Waals surface area contributed by atoms with E-state index in [0.717, 1.165) is 49.7 Å². The lowest BCUT2D eigenvalue weighted by atomic mass is 9.63. The van der Waals surface area contributed by atoms with Gasteiger partial charge in [0.05, 0.1) is 51.6 Å². The minimum atomic E-state index is -0.557. The van der Waals surface area contributed by atoms with Crippen molar-refractivity contribution in [3.8, 4) is 23.5 Å². The summed E-state index contributed by atoms with van der Waals surface area (Å²) in [7, 11) is 0. The summed E-state index contributed by atoms with van der Waals surface area (Å²) in [6, 6.07) is 11.4. The van der Waals surface area contributed by atoms with Crippen molar-refractivity contribution in [1.29, 1.82) is 10.5 Å². The van der Waals surface area contributed by atoms with Gasteiger partial charge < -0.3 is 15.7 Å². The Bertz CT molecular complexity index is 1310. The lowest BCUT2D eigenvalue weighted by molar-refractivity contribution is -0.0580. The molecule has 6 rings (SSSR count). The number of carbonyl (C=O) groups excluding carboxylic acids is 1. The molecule has 2 bridgehead atoms. The summed E-state index contributed by atoms with van der Waals surface area (Å²) >= 11 is 0. The minimum Gasteiger partial charge on any atom is -0.390 e. The van der Waals surface area contributed by atoms with Crippen LogP contribution in [0.2, 0.25) is 0 Å². The summed E-state index contributed by atoms with van der Waals surface area (Å²) in [4.78, 5) is 17.3. The molecule has 166 valence electrons. The number of pyridine rings is 1. The molecule has 0 aromatic carbocycles. The maximum atomic E-state index is 12.8. The number of nitrogens with zero attached hydrogens (tertiary/aromatic N) is 5. The van der Waals surface area contributed by atoms with Crippen molar-refractivity contribution in [2.45, 2.75) is 49.7 Å². The van der Waals surface area contributed by atoms with E-state index in [4.69, 9.17) is 10.5 Å². The molecule has 9 nitrogen and oxygen atoms in total. The van der Waals surface area contributed by atoms with E-state index in [-0.39, 0.29) is 18.0 Å². The highest BCUT2D eigenvalue weighted by Crippen LogP contribution is 2.48. The van der Waals surface area contributed by atoms with Gasteiger partial charge >= 0.3 is 0 Å². The summed E-state index contributed by atoms with van der Waals surface area (Å²) in [5.41, 5.74) is 2.88. The zero-order valence-electron chi connectivity index (χ0n) is 18.0. The van der Waals surface area contributed by atoms with Crippen molar-refractivity contribution in [3.05, 3.63) is 47.8 Å². The van der Waals surface area contributed by atoms with Crippen molar-refractivity contribution in [2.75, 3.05) is 11.9 Å². The summed E-state index contributed by atoms with van der Waals surface area (Å²) in [6.45, 7) is -0.0906. The number of carbonyl (C=O) groups is 1. The van der Waals surface area contributed by atoms with Gasteiger partial charge in [0, 0.05) is 11.7 Å². The second-order valence-corrected chi connectivity index (χ2v) is 9.00. The molecule has 9 heteroatoms. The third kappa shape index (κ3) is 3.77. The van der Waals surface area contributed by atoms with Crippen molar-refractivity contribution >= 4 is 17.1 Å². The van der Waals surface area contributed by atoms with Gasteiger partial charge in [0.1, 0.15) is 12.6 Å². The Kier molecular flexibility index (Phi) is 4.99. The third-order valence-corrected chi connectivity index (χ3v) is 6.98. The van der Waals surface area contributed by atoms with Gasteiger partial charge in [-0.2, -0.15) is 15.6 Å². The molecular formula is C24H23N7O2. The number of amides is 1. The van der Waals surface area contributed by atoms with E-state index in [9.17, 15) is 9.90 Å². The van der Waals surface area contributed by atoms with Crippen LogP contribution < -0.4 is 10.6 Å². The van der Waals surface area contributed by atoms with Crippen molar-refractivity contribution < 1.29 is 9.90 Å². The van der Waals surface area contributed by atoms with E-state index >= 15 is 0 Å². The molecule has 3 aromatic heterocycles. The Balaban J connectivity index is 1.54. The van der Waals surface area contributed by atoms with Crippen LogP contribution in [0.5, 0.6) is 0 Å². The summed E-state index contributed by atoms with van der Waals surface area (Å²) < 4.78 is 1.71. The third-order valence-electron chi connectivity index (χ3n) is 6.98. The second kappa shape index (κ2) is 7.88. The molecule has 33 heavy (non-hydrogen) atoms. The molecule has 3 aliphatic carbocycles. The number of aromatic nitrogens is 3. The second-order valence-electron chi connectivity index (χ2n) is 9.00. The Hall–Kier alpha value is -3.95. The van der Waals surface area contributed by atoms with Gasteiger partial charge in [-0.15, -0.1) is 0 Å². The van der Waals surface area contributed by atoms with E-state index in [2.05, 4.69) is 26.8 Å². The van der Waals surface area contributed by atoms with Crippen LogP contribution in [0.4, 0.5) is 5.69 Å². The predicted octanol–water partition coefficient (Wildman–Crippen LogP) is 2.77. The zero-order chi connectivity index (χ0) is 23.1. The largest absolute Gasteiger partial charge is 0.390 e. The van der Waals surface area contributed by atoms with Gasteiger partial charge in [0.15, 0.2) is 0 Å². The molecule has 0 radical (unpaired) electrons. The molecule has 3 aliphatic rings. The van der Waals surface area contributed by atoms with Gasteiger partial charge in [-0.1, -0.05) is 0 Å². The van der Waals surface area contributed by atoms with Gasteiger partial charge in [0.25, 0.3) is 5.91 Å². The van der Waals surface area contributed by atoms with E-state index in [1.807, 2.05) is 24.3 Å². The maximum Gasteiger partial charge on any atom is 0.255 e. The highest BCUT2D eigenvalue weighted by Gasteiger charge is 2.47. The van der Waals surface area contributed by atoms with Gasteiger partial charge in [-0.25, -0.2) is 4.52 Å². The Labute approximate surface area is 190 Å². The molecule has 3 heterocycles. The average Bonchev–Trinajstić information content (AvgIpc) is 3.26. The number of anilines is 1. The van der Waals surface area contributed by atoms with Crippen LogP contribution in [0.25, 0.3) is 16.9 Å². The fourth-order valence-electron chi connectivity index (χ4n) is 4.99. The first-order valence-corrected chi connectivity index (χ1v) is 11.0. The fraction of sp³-hybridized carbons (Fsp3) is 0.375. The lowest BCUT2D eigenvalue weighted by Crippen LogP contribution is -2.54. The van der Waals surface area contributed by atoms with Crippen molar-refractivity contribution in [2.24, 2.45) is 0 Å². The topological polar surface area (TPSA) is 139 Å². The van der Waals surface area contributed by atoms with E-state index in [1.165, 1.54) is 12.4 Å². The highest BCUT2D eigenvalue weighted by molar-refractivity contribution is 6.00. The Morgan fingerprint density at radius 1 is 1.12 bits per heavy atom. The summed E-state index contributed by atoms with van der Waals surface area (Å²) in [5.74, 6) is -0.366. The van der Waals surface area contributed by atoms with Gasteiger partial charge in [0.2, 0.25) is 0 Å². The van der Waals surface area contributed by atoms with Crippen LogP contribution in [-0.4, -0.2) is 43.3 Å². The predicted molar refractivity (Wildman–Crippen MR) is 120 cm³/mol. The molecule has 0 atom stereocenters. The Morgan fingerprint density at radius 2 is 1.88 bits per heavy atom. The van der Waals surface area contributed by atoms with Crippen LogP contribution in [0.15, 0.2) is 36.7 Å². The van der Waals surface area contributed by atoms with Crippen LogP contribution in [0, 0.1) is 22.7 Å². The van der Waals surface area contributed by atoms with Gasteiger partial charge in [-0.3, -0.25) is 9.78 Å². The summed E-state index contributed by atoms with van der Waals surface area (Å²) in [5, 5.41) is 39.2. The molecule has 3 saturated carbocycles. The average molecular weight is 441 g/mol. The van der Waals surface area contributed by atoms with E-state index in [0.29, 0.717) is 22.5 Å². The number of fused-ring (bicyclic) bond motifs is 4. The smallest absolute Gasteiger partial charge is 0.255 e. The molecule has 0 spiro atoms. The molecule has 0 aliphatic heterocycles. The van der Waals surface area contributed by atoms with Gasteiger partial charge in [-0.05, 0) is 62.8 Å². The van der Waals surface area contributed by atoms with Crippen LogP contribution in [-0.2, 0) is 0 Å². The van der Waals surface area contributed by atoms with Crippen LogP contribution >= 0.6 is 0 Å². The van der Waals surface area contributed by atoms with Crippen molar-refractivity contribution in [1.82, 2.24) is 19.9 Å². The monoisotopic (exact) mass is 441 g/mol. The molecular weight excluding hydrogens is 418 g/mol. The first kappa shape index (κ1) is 20.9. The number of hydrogen-bond acceptors (Lipinski definition) is 7. The normalized spacial score (nSPS) is 23.6. The van der Waals surface area contributed by atoms with E-state index in [1.54, 1.807) is 10.6 Å². The number of aliphatic hydroxyl groups is 1. The van der Waals surface area contributed by atoms with Crippen molar-refractivity contribution in [3.63, 3.8) is 0 Å². The number of nitrogens with one attached hydrogen (secondary N) is 2. The molecule has 0 saturated heterocycles. The quantitative estimate of drug-likeness (QED) is 0.517. The molecule has 3 fully saturated rings. The number of nitriles is 2. The number of hydrogen-bond donors (Lipinski definition) is 3. The van der Waals surface area contributed by atoms with Crippen LogP contribution in [0.1, 0.15) is 54.4 Å². The van der Waals surface area contributed by atoms with E-state index < -0.39 is 5.60 Å². The molecule has 0 unspecified atom stereocenters. The number of rotatable bonds is 5. The first-order valence-electron chi connectivity index (χ1n) is 11.0. The Morgan fingerprint density at radius 3 is 2.58 bits per heavy atom. The SMILES string of the molecule is N#CCNC(=O)c1cnc(-c2ccc3cc(C#N)cnn23)cc1NC12CCC(O)(CC1)CC2.